The molecule has 2 rings (SSSR count). The van der Waals surface area contributed by atoms with Gasteiger partial charge in [0.25, 0.3) is 0 Å². The first-order chi connectivity index (χ1) is 8.69. The van der Waals surface area contributed by atoms with Gasteiger partial charge in [-0.3, -0.25) is 0 Å². The molecular formula is C14H23N3O. The second-order valence-electron chi connectivity index (χ2n) is 5.60. The van der Waals surface area contributed by atoms with Gasteiger partial charge >= 0.3 is 0 Å². The second kappa shape index (κ2) is 6.14. The normalized spacial score (nSPS) is 19.8. The minimum absolute atomic E-state index is 0.284. The lowest BCUT2D eigenvalue weighted by molar-refractivity contribution is 0.263. The maximum Gasteiger partial charge on any atom is 0.225 e. The minimum atomic E-state index is 0.284. The predicted octanol–water partition coefficient (Wildman–Crippen LogP) is 1.88. The number of hydrogen-bond acceptors (Lipinski definition) is 4. The Labute approximate surface area is 109 Å². The SMILES string of the molecule is CC(C)Cc1cnc(N2CCC(CCO)C2)nc1. The average Bonchev–Trinajstić information content (AvgIpc) is 2.78. The third-order valence-corrected chi connectivity index (χ3v) is 3.44. The van der Waals surface area contributed by atoms with Gasteiger partial charge in [0.15, 0.2) is 0 Å². The summed E-state index contributed by atoms with van der Waals surface area (Å²) in [4.78, 5) is 11.1. The number of hydrogen-bond donors (Lipinski definition) is 1. The molecule has 1 aliphatic heterocycles. The van der Waals surface area contributed by atoms with Crippen molar-refractivity contribution in [2.24, 2.45) is 11.8 Å². The Morgan fingerprint density at radius 2 is 2.11 bits per heavy atom. The molecule has 1 saturated heterocycles. The Bertz CT molecular complexity index is 364. The van der Waals surface area contributed by atoms with Gasteiger partial charge in [0.05, 0.1) is 0 Å². The van der Waals surface area contributed by atoms with E-state index in [2.05, 4.69) is 28.7 Å². The molecule has 4 heteroatoms. The standard InChI is InChI=1S/C14H23N3O/c1-11(2)7-13-8-15-14(16-9-13)17-5-3-12(10-17)4-6-18/h8-9,11-12,18H,3-7,10H2,1-2H3. The predicted molar refractivity (Wildman–Crippen MR) is 72.6 cm³/mol. The van der Waals surface area contributed by atoms with E-state index in [9.17, 15) is 0 Å². The van der Waals surface area contributed by atoms with Gasteiger partial charge in [-0.15, -0.1) is 0 Å². The fraction of sp³-hybridized carbons (Fsp3) is 0.714. The largest absolute Gasteiger partial charge is 0.396 e. The molecule has 0 amide bonds. The van der Waals surface area contributed by atoms with Gasteiger partial charge in [0.2, 0.25) is 5.95 Å². The summed E-state index contributed by atoms with van der Waals surface area (Å²) < 4.78 is 0. The minimum Gasteiger partial charge on any atom is -0.396 e. The third kappa shape index (κ3) is 3.42. The second-order valence-corrected chi connectivity index (χ2v) is 5.60. The molecule has 0 spiro atoms. The fourth-order valence-corrected chi connectivity index (χ4v) is 2.52. The Hall–Kier alpha value is -1.16. The van der Waals surface area contributed by atoms with E-state index in [1.54, 1.807) is 0 Å². The number of aromatic nitrogens is 2. The lowest BCUT2D eigenvalue weighted by atomic mass is 10.1. The average molecular weight is 249 g/mol. The summed E-state index contributed by atoms with van der Waals surface area (Å²) >= 11 is 0. The van der Waals surface area contributed by atoms with E-state index in [0.29, 0.717) is 11.8 Å². The van der Waals surface area contributed by atoms with E-state index in [4.69, 9.17) is 5.11 Å². The molecule has 0 bridgehead atoms. The van der Waals surface area contributed by atoms with Gasteiger partial charge in [0, 0.05) is 32.1 Å². The highest BCUT2D eigenvalue weighted by molar-refractivity contribution is 5.31. The molecule has 0 aromatic carbocycles. The van der Waals surface area contributed by atoms with E-state index < -0.39 is 0 Å². The van der Waals surface area contributed by atoms with Crippen LogP contribution in [0.2, 0.25) is 0 Å². The summed E-state index contributed by atoms with van der Waals surface area (Å²) in [6.45, 7) is 6.67. The van der Waals surface area contributed by atoms with Crippen molar-refractivity contribution in [2.75, 3.05) is 24.6 Å². The van der Waals surface area contributed by atoms with Crippen LogP contribution in [0, 0.1) is 11.8 Å². The van der Waals surface area contributed by atoms with Crippen molar-refractivity contribution in [1.82, 2.24) is 9.97 Å². The Morgan fingerprint density at radius 3 is 2.72 bits per heavy atom. The van der Waals surface area contributed by atoms with Crippen molar-refractivity contribution in [3.05, 3.63) is 18.0 Å². The van der Waals surface area contributed by atoms with Crippen LogP contribution >= 0.6 is 0 Å². The van der Waals surface area contributed by atoms with E-state index >= 15 is 0 Å². The van der Waals surface area contributed by atoms with Crippen LogP contribution < -0.4 is 4.90 Å². The summed E-state index contributed by atoms with van der Waals surface area (Å²) in [6.07, 6.45) is 6.95. The highest BCUT2D eigenvalue weighted by atomic mass is 16.3. The first-order valence-electron chi connectivity index (χ1n) is 6.85. The lowest BCUT2D eigenvalue weighted by Crippen LogP contribution is -2.22. The molecule has 1 aromatic heterocycles. The van der Waals surface area contributed by atoms with E-state index in [0.717, 1.165) is 38.3 Å². The Morgan fingerprint density at radius 1 is 1.39 bits per heavy atom. The molecule has 1 aromatic rings. The molecule has 1 atom stereocenters. The van der Waals surface area contributed by atoms with Crippen molar-refractivity contribution in [2.45, 2.75) is 33.1 Å². The van der Waals surface area contributed by atoms with Gasteiger partial charge in [-0.25, -0.2) is 9.97 Å². The van der Waals surface area contributed by atoms with E-state index in [-0.39, 0.29) is 6.61 Å². The maximum atomic E-state index is 8.95. The van der Waals surface area contributed by atoms with E-state index in [1.807, 2.05) is 12.4 Å². The van der Waals surface area contributed by atoms with Crippen molar-refractivity contribution in [3.8, 4) is 0 Å². The van der Waals surface area contributed by atoms with Crippen molar-refractivity contribution in [3.63, 3.8) is 0 Å². The highest BCUT2D eigenvalue weighted by Gasteiger charge is 2.23. The first kappa shape index (κ1) is 13.3. The monoisotopic (exact) mass is 249 g/mol. The zero-order chi connectivity index (χ0) is 13.0. The van der Waals surface area contributed by atoms with Crippen LogP contribution in [0.5, 0.6) is 0 Å². The fourth-order valence-electron chi connectivity index (χ4n) is 2.52. The van der Waals surface area contributed by atoms with Gasteiger partial charge in [0.1, 0.15) is 0 Å². The molecule has 1 N–H and O–H groups in total. The quantitative estimate of drug-likeness (QED) is 0.865. The van der Waals surface area contributed by atoms with Crippen LogP contribution in [0.3, 0.4) is 0 Å². The smallest absolute Gasteiger partial charge is 0.225 e. The van der Waals surface area contributed by atoms with Gasteiger partial charge < -0.3 is 10.0 Å². The molecule has 100 valence electrons. The Kier molecular flexibility index (Phi) is 4.53. The first-order valence-corrected chi connectivity index (χ1v) is 6.85. The van der Waals surface area contributed by atoms with Crippen LogP contribution in [0.15, 0.2) is 12.4 Å². The van der Waals surface area contributed by atoms with Crippen LogP contribution in [0.1, 0.15) is 32.3 Å². The van der Waals surface area contributed by atoms with E-state index in [1.165, 1.54) is 5.56 Å². The van der Waals surface area contributed by atoms with Gasteiger partial charge in [-0.2, -0.15) is 0 Å². The van der Waals surface area contributed by atoms with Crippen molar-refractivity contribution >= 4 is 5.95 Å². The summed E-state index contributed by atoms with van der Waals surface area (Å²) in [6, 6.07) is 0. The lowest BCUT2D eigenvalue weighted by Gasteiger charge is -2.16. The van der Waals surface area contributed by atoms with Gasteiger partial charge in [-0.1, -0.05) is 13.8 Å². The molecular weight excluding hydrogens is 226 g/mol. The van der Waals surface area contributed by atoms with Crippen LogP contribution in [0.4, 0.5) is 5.95 Å². The molecule has 1 aliphatic rings. The molecule has 0 radical (unpaired) electrons. The zero-order valence-electron chi connectivity index (χ0n) is 11.3. The maximum absolute atomic E-state index is 8.95. The highest BCUT2D eigenvalue weighted by Crippen LogP contribution is 2.22. The van der Waals surface area contributed by atoms with Crippen LogP contribution in [0.25, 0.3) is 0 Å². The van der Waals surface area contributed by atoms with Crippen molar-refractivity contribution < 1.29 is 5.11 Å². The van der Waals surface area contributed by atoms with Gasteiger partial charge in [-0.05, 0) is 36.7 Å². The number of anilines is 1. The summed E-state index contributed by atoms with van der Waals surface area (Å²) in [7, 11) is 0. The topological polar surface area (TPSA) is 49.2 Å². The van der Waals surface area contributed by atoms with Crippen molar-refractivity contribution in [1.29, 1.82) is 0 Å². The summed E-state index contributed by atoms with van der Waals surface area (Å²) in [5.41, 5.74) is 1.21. The summed E-state index contributed by atoms with van der Waals surface area (Å²) in [5.74, 6) is 2.07. The molecule has 1 unspecified atom stereocenters. The molecule has 0 aliphatic carbocycles. The Balaban J connectivity index is 1.94. The number of rotatable bonds is 5. The zero-order valence-corrected chi connectivity index (χ0v) is 11.3. The number of aliphatic hydroxyl groups excluding tert-OH is 1. The number of nitrogens with zero attached hydrogens (tertiary/aromatic N) is 3. The third-order valence-electron chi connectivity index (χ3n) is 3.44. The molecule has 1 fully saturated rings. The summed E-state index contributed by atoms with van der Waals surface area (Å²) in [5, 5.41) is 8.95. The molecule has 4 nitrogen and oxygen atoms in total. The number of aliphatic hydroxyl groups is 1. The van der Waals surface area contributed by atoms with Crippen LogP contribution in [-0.2, 0) is 6.42 Å². The molecule has 0 saturated carbocycles. The molecule has 18 heavy (non-hydrogen) atoms. The molecule has 2 heterocycles. The van der Waals surface area contributed by atoms with Crippen LogP contribution in [-0.4, -0.2) is 34.8 Å².